The van der Waals surface area contributed by atoms with Gasteiger partial charge in [0, 0.05) is 0 Å². The lowest BCUT2D eigenvalue weighted by molar-refractivity contribution is -0.168. The number of carbonyl (C=O) groups is 2. The highest BCUT2D eigenvalue weighted by atomic mass is 35.6. The van der Waals surface area contributed by atoms with Gasteiger partial charge in [-0.15, -0.1) is 0 Å². The van der Waals surface area contributed by atoms with E-state index in [1.165, 1.54) is 7.11 Å². The summed E-state index contributed by atoms with van der Waals surface area (Å²) in [6.07, 6.45) is -0.710. The van der Waals surface area contributed by atoms with E-state index in [1.807, 2.05) is 0 Å². The van der Waals surface area contributed by atoms with Crippen LogP contribution < -0.4 is 5.32 Å². The number of nitrogens with one attached hydrogen (secondary N) is 1. The second kappa shape index (κ2) is 5.74. The van der Waals surface area contributed by atoms with Crippen molar-refractivity contribution < 1.29 is 23.8 Å². The van der Waals surface area contributed by atoms with E-state index >= 15 is 0 Å². The van der Waals surface area contributed by atoms with E-state index in [4.69, 9.17) is 49.0 Å². The molecule has 1 N–H and O–H groups in total. The minimum atomic E-state index is -2.08. The van der Waals surface area contributed by atoms with Gasteiger partial charge in [-0.25, -0.2) is 0 Å². The van der Waals surface area contributed by atoms with Crippen molar-refractivity contribution in [2.24, 2.45) is 5.92 Å². The molecule has 2 fully saturated rings. The highest BCUT2D eigenvalue weighted by Gasteiger charge is 2.57. The summed E-state index contributed by atoms with van der Waals surface area (Å²) in [5.74, 6) is -2.58. The summed E-state index contributed by atoms with van der Waals surface area (Å²) in [6, 6.07) is -0.496. The average molecular weight is 361 g/mol. The lowest BCUT2D eigenvalue weighted by Gasteiger charge is -2.24. The number of hydrogen-bond acceptors (Lipinski definition) is 5. The molecule has 120 valence electrons. The fourth-order valence-corrected chi connectivity index (χ4v) is 2.92. The third-order valence-electron chi connectivity index (χ3n) is 3.54. The molecule has 0 aromatic heterocycles. The van der Waals surface area contributed by atoms with Gasteiger partial charge in [0.05, 0.1) is 19.1 Å². The van der Waals surface area contributed by atoms with E-state index in [0.717, 1.165) is 0 Å². The van der Waals surface area contributed by atoms with Crippen LogP contribution in [0.25, 0.3) is 0 Å². The van der Waals surface area contributed by atoms with Crippen molar-refractivity contribution in [3.8, 4) is 0 Å². The van der Waals surface area contributed by atoms with Gasteiger partial charge in [0.25, 0.3) is 9.70 Å². The molecule has 1 saturated heterocycles. The number of amides is 1. The molecule has 0 unspecified atom stereocenters. The van der Waals surface area contributed by atoms with Crippen LogP contribution in [0.1, 0.15) is 20.3 Å². The lowest BCUT2D eigenvalue weighted by Crippen LogP contribution is -2.47. The number of rotatable bonds is 2. The fraction of sp³-hybridized carbons (Fsp3) is 0.833. The van der Waals surface area contributed by atoms with Crippen molar-refractivity contribution in [1.82, 2.24) is 5.32 Å². The minimum Gasteiger partial charge on any atom is -0.469 e. The van der Waals surface area contributed by atoms with Gasteiger partial charge in [0.1, 0.15) is 12.2 Å². The van der Waals surface area contributed by atoms with E-state index in [-0.39, 0.29) is 0 Å². The smallest absolute Gasteiger partial charge is 0.311 e. The molecule has 0 spiro atoms. The maximum Gasteiger partial charge on any atom is 0.311 e. The van der Waals surface area contributed by atoms with Crippen LogP contribution >= 0.6 is 34.8 Å². The second-order valence-corrected chi connectivity index (χ2v) is 7.79. The van der Waals surface area contributed by atoms with Crippen molar-refractivity contribution in [1.29, 1.82) is 0 Å². The molecular weight excluding hydrogens is 344 g/mol. The quantitative estimate of drug-likeness (QED) is 0.597. The molecule has 1 heterocycles. The summed E-state index contributed by atoms with van der Waals surface area (Å²) in [5, 5.41) is 2.59. The average Bonchev–Trinajstić information content (AvgIpc) is 2.82. The van der Waals surface area contributed by atoms with Gasteiger partial charge < -0.3 is 19.5 Å². The summed E-state index contributed by atoms with van der Waals surface area (Å²) in [7, 11) is 1.30. The Hall–Kier alpha value is -0.270. The molecule has 2 aliphatic rings. The molecule has 0 radical (unpaired) electrons. The van der Waals surface area contributed by atoms with Crippen LogP contribution in [0, 0.1) is 5.92 Å². The Labute approximate surface area is 137 Å². The predicted octanol–water partition coefficient (Wildman–Crippen LogP) is 1.55. The predicted molar refractivity (Wildman–Crippen MR) is 76.2 cm³/mol. The first kappa shape index (κ1) is 17.1. The third-order valence-corrected chi connectivity index (χ3v) is 4.06. The van der Waals surface area contributed by atoms with Crippen LogP contribution in [0.4, 0.5) is 0 Å². The largest absolute Gasteiger partial charge is 0.469 e. The van der Waals surface area contributed by atoms with Crippen molar-refractivity contribution in [3.63, 3.8) is 0 Å². The number of alkyl halides is 3. The Morgan fingerprint density at radius 3 is 2.33 bits per heavy atom. The van der Waals surface area contributed by atoms with Crippen molar-refractivity contribution in [2.75, 3.05) is 7.11 Å². The first-order valence-electron chi connectivity index (χ1n) is 6.36. The molecule has 0 aromatic carbocycles. The number of fused-ring (bicyclic) bond motifs is 1. The highest BCUT2D eigenvalue weighted by molar-refractivity contribution is 6.76. The zero-order chi connectivity index (χ0) is 16.0. The summed E-state index contributed by atoms with van der Waals surface area (Å²) in [4.78, 5) is 23.6. The van der Waals surface area contributed by atoms with Crippen LogP contribution in [0.2, 0.25) is 0 Å². The van der Waals surface area contributed by atoms with E-state index in [9.17, 15) is 9.59 Å². The number of ether oxygens (including phenoxy) is 3. The lowest BCUT2D eigenvalue weighted by atomic mass is 10.1. The fourth-order valence-electron chi connectivity index (χ4n) is 2.75. The van der Waals surface area contributed by atoms with Crippen LogP contribution in [0.3, 0.4) is 0 Å². The number of hydrogen-bond donors (Lipinski definition) is 1. The molecular formula is C12H16Cl3NO5. The molecule has 1 amide bonds. The van der Waals surface area contributed by atoms with Crippen LogP contribution in [-0.4, -0.2) is 46.8 Å². The monoisotopic (exact) mass is 359 g/mol. The Morgan fingerprint density at radius 2 is 1.81 bits per heavy atom. The van der Waals surface area contributed by atoms with Crippen molar-refractivity contribution >= 4 is 46.7 Å². The summed E-state index contributed by atoms with van der Waals surface area (Å²) >= 11 is 16.6. The normalized spacial score (nSPS) is 34.4. The van der Waals surface area contributed by atoms with E-state index < -0.39 is 45.6 Å². The second-order valence-electron chi connectivity index (χ2n) is 5.51. The Balaban J connectivity index is 2.16. The van der Waals surface area contributed by atoms with E-state index in [1.54, 1.807) is 13.8 Å². The molecule has 4 atom stereocenters. The number of carbonyl (C=O) groups excluding carboxylic acids is 2. The molecule has 21 heavy (non-hydrogen) atoms. The molecule has 1 aliphatic heterocycles. The minimum absolute atomic E-state index is 0.296. The topological polar surface area (TPSA) is 73.9 Å². The maximum absolute atomic E-state index is 11.8. The standard InChI is InChI=1S/C12H16Cl3NO5/c1-11(2)20-7-5(9(17)19-3)4-6(8(7)21-11)16-10(18)12(13,14)15/h5-8H,4H2,1-3H3,(H,16,18)/t5-,6+,7+,8-/m0/s1. The number of halogens is 3. The molecule has 0 bridgehead atoms. The zero-order valence-electron chi connectivity index (χ0n) is 11.7. The van der Waals surface area contributed by atoms with Gasteiger partial charge >= 0.3 is 5.97 Å². The molecule has 6 nitrogen and oxygen atoms in total. The van der Waals surface area contributed by atoms with Gasteiger partial charge in [-0.3, -0.25) is 9.59 Å². The summed E-state index contributed by atoms with van der Waals surface area (Å²) in [5.41, 5.74) is 0. The molecule has 1 aliphatic carbocycles. The Kier molecular flexibility index (Phi) is 4.67. The van der Waals surface area contributed by atoms with E-state index in [2.05, 4.69) is 5.32 Å². The molecule has 0 aromatic rings. The van der Waals surface area contributed by atoms with Gasteiger partial charge in [-0.2, -0.15) is 0 Å². The van der Waals surface area contributed by atoms with Crippen LogP contribution in [0.5, 0.6) is 0 Å². The SMILES string of the molecule is COC(=O)[C@H]1C[C@@H](NC(=O)C(Cl)(Cl)Cl)[C@@H]2OC(C)(C)O[C@@H]21. The van der Waals surface area contributed by atoms with Crippen LogP contribution in [-0.2, 0) is 23.8 Å². The van der Waals surface area contributed by atoms with Gasteiger partial charge in [-0.1, -0.05) is 34.8 Å². The van der Waals surface area contributed by atoms with Crippen LogP contribution in [0.15, 0.2) is 0 Å². The maximum atomic E-state index is 11.8. The van der Waals surface area contributed by atoms with Gasteiger partial charge in [0.15, 0.2) is 5.79 Å². The summed E-state index contributed by atoms with van der Waals surface area (Å²) in [6.45, 7) is 3.46. The van der Waals surface area contributed by atoms with Crippen molar-refractivity contribution in [2.45, 2.75) is 48.1 Å². The molecule has 9 heteroatoms. The third kappa shape index (κ3) is 3.56. The van der Waals surface area contributed by atoms with Gasteiger partial charge in [0.2, 0.25) is 0 Å². The zero-order valence-corrected chi connectivity index (χ0v) is 14.0. The van der Waals surface area contributed by atoms with Crippen molar-refractivity contribution in [3.05, 3.63) is 0 Å². The molecule has 1 saturated carbocycles. The van der Waals surface area contributed by atoms with Gasteiger partial charge in [-0.05, 0) is 20.3 Å². The van der Waals surface area contributed by atoms with E-state index in [0.29, 0.717) is 6.42 Å². The first-order valence-corrected chi connectivity index (χ1v) is 7.49. The highest BCUT2D eigenvalue weighted by Crippen LogP contribution is 2.42. The summed E-state index contributed by atoms with van der Waals surface area (Å²) < 4.78 is 14.2. The molecule has 2 rings (SSSR count). The number of esters is 1. The Morgan fingerprint density at radius 1 is 1.24 bits per heavy atom. The number of methoxy groups -OCH3 is 1. The first-order chi connectivity index (χ1) is 9.55. The Bertz CT molecular complexity index is 451.